The summed E-state index contributed by atoms with van der Waals surface area (Å²) in [6.45, 7) is 0.338. The van der Waals surface area contributed by atoms with E-state index in [2.05, 4.69) is 15.9 Å². The molecule has 0 aliphatic rings. The number of nitrogens with two attached hydrogens (primary N) is 1. The van der Waals surface area contributed by atoms with Crippen molar-refractivity contribution in [3.8, 4) is 0 Å². The van der Waals surface area contributed by atoms with Crippen LogP contribution in [0.2, 0.25) is 10.0 Å². The molecule has 0 radical (unpaired) electrons. The van der Waals surface area contributed by atoms with E-state index in [0.29, 0.717) is 22.5 Å². The zero-order valence-corrected chi connectivity index (χ0v) is 13.6. The molecule has 20 heavy (non-hydrogen) atoms. The first-order valence-corrected chi connectivity index (χ1v) is 7.17. The van der Waals surface area contributed by atoms with E-state index >= 15 is 0 Å². The maximum absolute atomic E-state index is 12.3. The van der Waals surface area contributed by atoms with E-state index in [9.17, 15) is 4.79 Å². The third-order valence-corrected chi connectivity index (χ3v) is 3.91. The molecule has 1 aromatic carbocycles. The van der Waals surface area contributed by atoms with Gasteiger partial charge in [0.25, 0.3) is 5.91 Å². The lowest BCUT2D eigenvalue weighted by Crippen LogP contribution is -2.26. The lowest BCUT2D eigenvalue weighted by Gasteiger charge is -2.16. The van der Waals surface area contributed by atoms with Gasteiger partial charge in [-0.05, 0) is 40.2 Å². The second-order valence-corrected chi connectivity index (χ2v) is 5.80. The predicted octanol–water partition coefficient (Wildman–Crippen LogP) is 4.20. The summed E-state index contributed by atoms with van der Waals surface area (Å²) in [7, 11) is 1.66. The van der Waals surface area contributed by atoms with Crippen LogP contribution >= 0.6 is 39.1 Å². The van der Waals surface area contributed by atoms with Crippen LogP contribution in [0.4, 0.5) is 5.69 Å². The second kappa shape index (κ2) is 6.08. The van der Waals surface area contributed by atoms with Crippen molar-refractivity contribution in [3.63, 3.8) is 0 Å². The standard InChI is InChI=1S/C13H11BrCl2N2O2/c1-18(6-8-2-3-11(14)20-8)13(19)7-4-9(15)12(16)10(17)5-7/h2-5H,6,17H2,1H3. The Kier molecular flexibility index (Phi) is 4.62. The molecule has 0 saturated carbocycles. The minimum Gasteiger partial charge on any atom is -0.452 e. The average Bonchev–Trinajstić information content (AvgIpc) is 2.79. The molecule has 0 atom stereocenters. The maximum atomic E-state index is 12.3. The van der Waals surface area contributed by atoms with Crippen LogP contribution in [0.3, 0.4) is 0 Å². The zero-order chi connectivity index (χ0) is 14.9. The van der Waals surface area contributed by atoms with Crippen molar-refractivity contribution in [2.24, 2.45) is 0 Å². The van der Waals surface area contributed by atoms with Crippen LogP contribution < -0.4 is 5.73 Å². The van der Waals surface area contributed by atoms with Crippen molar-refractivity contribution in [3.05, 3.63) is 50.3 Å². The highest BCUT2D eigenvalue weighted by molar-refractivity contribution is 9.10. The zero-order valence-electron chi connectivity index (χ0n) is 10.5. The van der Waals surface area contributed by atoms with Crippen molar-refractivity contribution >= 4 is 50.7 Å². The fourth-order valence-corrected chi connectivity index (χ4v) is 2.37. The van der Waals surface area contributed by atoms with E-state index in [4.69, 9.17) is 33.4 Å². The first-order valence-electron chi connectivity index (χ1n) is 5.62. The van der Waals surface area contributed by atoms with Crippen molar-refractivity contribution in [1.29, 1.82) is 0 Å². The third kappa shape index (κ3) is 3.29. The number of halogens is 3. The van der Waals surface area contributed by atoms with Crippen LogP contribution in [-0.4, -0.2) is 17.9 Å². The van der Waals surface area contributed by atoms with Gasteiger partial charge >= 0.3 is 0 Å². The summed E-state index contributed by atoms with van der Waals surface area (Å²) >= 11 is 15.0. The number of amides is 1. The molecular formula is C13H11BrCl2N2O2. The normalized spacial score (nSPS) is 10.6. The Bertz CT molecular complexity index is 635. The largest absolute Gasteiger partial charge is 0.452 e. The highest BCUT2D eigenvalue weighted by atomic mass is 79.9. The number of hydrogen-bond acceptors (Lipinski definition) is 3. The van der Waals surface area contributed by atoms with Gasteiger partial charge in [0.1, 0.15) is 5.76 Å². The Morgan fingerprint density at radius 3 is 2.65 bits per heavy atom. The summed E-state index contributed by atoms with van der Waals surface area (Å²) in [4.78, 5) is 13.8. The van der Waals surface area contributed by atoms with E-state index in [0.717, 1.165) is 0 Å². The number of nitrogen functional groups attached to an aromatic ring is 1. The van der Waals surface area contributed by atoms with Crippen LogP contribution in [0.5, 0.6) is 0 Å². The number of anilines is 1. The number of hydrogen-bond donors (Lipinski definition) is 1. The Labute approximate surface area is 134 Å². The third-order valence-electron chi connectivity index (χ3n) is 2.67. The lowest BCUT2D eigenvalue weighted by molar-refractivity contribution is 0.0775. The molecular weight excluding hydrogens is 367 g/mol. The number of carbonyl (C=O) groups is 1. The quantitative estimate of drug-likeness (QED) is 0.815. The minimum atomic E-state index is -0.220. The van der Waals surface area contributed by atoms with Gasteiger partial charge < -0.3 is 15.1 Å². The SMILES string of the molecule is CN(Cc1ccc(Br)o1)C(=O)c1cc(N)c(Cl)c(Cl)c1. The molecule has 0 unspecified atom stereocenters. The van der Waals surface area contributed by atoms with Gasteiger partial charge in [-0.15, -0.1) is 0 Å². The summed E-state index contributed by atoms with van der Waals surface area (Å²) in [5, 5.41) is 0.505. The van der Waals surface area contributed by atoms with Crippen molar-refractivity contribution in [2.45, 2.75) is 6.54 Å². The molecule has 0 aliphatic carbocycles. The fourth-order valence-electron chi connectivity index (χ4n) is 1.70. The molecule has 0 aliphatic heterocycles. The van der Waals surface area contributed by atoms with Gasteiger partial charge in [-0.1, -0.05) is 23.2 Å². The van der Waals surface area contributed by atoms with Crippen LogP contribution in [0, 0.1) is 0 Å². The molecule has 1 aromatic heterocycles. The molecule has 1 heterocycles. The van der Waals surface area contributed by atoms with E-state index in [1.807, 2.05) is 0 Å². The average molecular weight is 378 g/mol. The first kappa shape index (κ1) is 15.2. The molecule has 4 nitrogen and oxygen atoms in total. The monoisotopic (exact) mass is 376 g/mol. The van der Waals surface area contributed by atoms with Crippen LogP contribution in [-0.2, 0) is 6.54 Å². The summed E-state index contributed by atoms with van der Waals surface area (Å²) in [6.07, 6.45) is 0. The van der Waals surface area contributed by atoms with Crippen LogP contribution in [0.1, 0.15) is 16.1 Å². The van der Waals surface area contributed by atoms with E-state index in [-0.39, 0.29) is 21.6 Å². The highest BCUT2D eigenvalue weighted by Crippen LogP contribution is 2.30. The number of furan rings is 1. The van der Waals surface area contributed by atoms with Crippen LogP contribution in [0.15, 0.2) is 33.4 Å². The smallest absolute Gasteiger partial charge is 0.254 e. The van der Waals surface area contributed by atoms with Gasteiger partial charge in [-0.2, -0.15) is 0 Å². The number of carbonyl (C=O) groups excluding carboxylic acids is 1. The topological polar surface area (TPSA) is 59.5 Å². The number of benzene rings is 1. The van der Waals surface area contributed by atoms with Gasteiger partial charge in [0, 0.05) is 12.6 Å². The maximum Gasteiger partial charge on any atom is 0.254 e. The molecule has 0 saturated heterocycles. The van der Waals surface area contributed by atoms with Crippen molar-refractivity contribution < 1.29 is 9.21 Å². The Balaban J connectivity index is 2.18. The first-order chi connectivity index (χ1) is 9.38. The van der Waals surface area contributed by atoms with E-state index in [1.54, 1.807) is 19.2 Å². The Hall–Kier alpha value is -1.17. The molecule has 2 N–H and O–H groups in total. The summed E-state index contributed by atoms with van der Waals surface area (Å²) in [5.74, 6) is 0.448. The number of rotatable bonds is 3. The molecule has 0 fully saturated rings. The van der Waals surface area contributed by atoms with Crippen molar-refractivity contribution in [2.75, 3.05) is 12.8 Å². The highest BCUT2D eigenvalue weighted by Gasteiger charge is 2.16. The summed E-state index contributed by atoms with van der Waals surface area (Å²) < 4.78 is 5.98. The second-order valence-electron chi connectivity index (χ2n) is 4.23. The summed E-state index contributed by atoms with van der Waals surface area (Å²) in [6, 6.07) is 6.56. The minimum absolute atomic E-state index is 0.220. The molecule has 2 rings (SSSR count). The van der Waals surface area contributed by atoms with Gasteiger partial charge in [-0.25, -0.2) is 0 Å². The van der Waals surface area contributed by atoms with E-state index < -0.39 is 0 Å². The molecule has 0 bridgehead atoms. The summed E-state index contributed by atoms with van der Waals surface area (Å²) in [5.41, 5.74) is 6.36. The van der Waals surface area contributed by atoms with Crippen molar-refractivity contribution in [1.82, 2.24) is 4.90 Å². The number of nitrogens with zero attached hydrogens (tertiary/aromatic N) is 1. The molecule has 1 amide bonds. The van der Waals surface area contributed by atoms with Gasteiger partial charge in [0.15, 0.2) is 4.67 Å². The molecule has 2 aromatic rings. The van der Waals surface area contributed by atoms with Crippen LogP contribution in [0.25, 0.3) is 0 Å². The fraction of sp³-hybridized carbons (Fsp3) is 0.154. The Morgan fingerprint density at radius 2 is 2.10 bits per heavy atom. The van der Waals surface area contributed by atoms with Gasteiger partial charge in [0.2, 0.25) is 0 Å². The van der Waals surface area contributed by atoms with E-state index in [1.165, 1.54) is 17.0 Å². The van der Waals surface area contributed by atoms with Gasteiger partial charge in [0.05, 0.1) is 22.3 Å². The molecule has 0 spiro atoms. The molecule has 7 heteroatoms. The lowest BCUT2D eigenvalue weighted by atomic mass is 10.1. The van der Waals surface area contributed by atoms with Gasteiger partial charge in [-0.3, -0.25) is 4.79 Å². The molecule has 106 valence electrons. The predicted molar refractivity (Wildman–Crippen MR) is 83.1 cm³/mol. The Morgan fingerprint density at radius 1 is 1.40 bits per heavy atom.